The summed E-state index contributed by atoms with van der Waals surface area (Å²) in [5, 5.41) is 2.07. The molecule has 4 rings (SSSR count). The number of anilines is 1. The first-order valence-corrected chi connectivity index (χ1v) is 9.82. The molecule has 1 aliphatic heterocycles. The number of nitrogens with zero attached hydrogens (tertiary/aromatic N) is 3. The number of likely N-dealkylation sites (tertiary alicyclic amines) is 1. The maximum atomic E-state index is 5.74. The first-order valence-electron chi connectivity index (χ1n) is 8.19. The van der Waals surface area contributed by atoms with E-state index >= 15 is 0 Å². The average molecular weight is 335 g/mol. The molecule has 0 bridgehead atoms. The Kier molecular flexibility index (Phi) is 4.15. The number of piperidine rings is 1. The smallest absolute Gasteiger partial charge is 0.180 e. The van der Waals surface area contributed by atoms with E-state index in [2.05, 4.69) is 9.88 Å². The summed E-state index contributed by atoms with van der Waals surface area (Å²) in [6.45, 7) is 3.29. The largest absolute Gasteiger partial charge is 0.375 e. The van der Waals surface area contributed by atoms with Crippen LogP contribution in [0.2, 0.25) is 0 Å². The molecule has 1 aliphatic carbocycles. The predicted octanol–water partition coefficient (Wildman–Crippen LogP) is 3.44. The lowest BCUT2D eigenvalue weighted by Crippen LogP contribution is -2.33. The zero-order chi connectivity index (χ0) is 14.9. The Labute approximate surface area is 139 Å². The first kappa shape index (κ1) is 14.6. The fourth-order valence-electron chi connectivity index (χ4n) is 3.56. The van der Waals surface area contributed by atoms with Crippen molar-refractivity contribution in [2.75, 3.05) is 18.8 Å². The molecule has 0 aromatic carbocycles. The third-order valence-corrected chi connectivity index (χ3v) is 6.80. The zero-order valence-electron chi connectivity index (χ0n) is 12.8. The zero-order valence-corrected chi connectivity index (χ0v) is 14.4. The Balaban J connectivity index is 1.45. The van der Waals surface area contributed by atoms with Crippen LogP contribution in [0.4, 0.5) is 5.13 Å². The molecule has 6 heteroatoms. The molecule has 1 atom stereocenters. The summed E-state index contributed by atoms with van der Waals surface area (Å²) in [5.41, 5.74) is 7.14. The summed E-state index contributed by atoms with van der Waals surface area (Å²) in [5.74, 6) is 0.620. The highest BCUT2D eigenvalue weighted by Gasteiger charge is 2.26. The van der Waals surface area contributed by atoms with E-state index in [1.54, 1.807) is 16.2 Å². The van der Waals surface area contributed by atoms with Crippen molar-refractivity contribution in [1.82, 2.24) is 14.9 Å². The number of thiazole rings is 2. The number of nitrogens with two attached hydrogens (primary N) is 1. The van der Waals surface area contributed by atoms with Gasteiger partial charge in [-0.25, -0.2) is 9.97 Å². The van der Waals surface area contributed by atoms with Crippen LogP contribution in [0.25, 0.3) is 0 Å². The predicted molar refractivity (Wildman–Crippen MR) is 92.5 cm³/mol. The molecule has 1 saturated heterocycles. The van der Waals surface area contributed by atoms with E-state index in [-0.39, 0.29) is 0 Å². The van der Waals surface area contributed by atoms with Crippen molar-refractivity contribution in [3.63, 3.8) is 0 Å². The number of hydrogen-bond acceptors (Lipinski definition) is 6. The molecule has 2 aliphatic rings. The summed E-state index contributed by atoms with van der Waals surface area (Å²) in [6, 6.07) is 0. The quantitative estimate of drug-likeness (QED) is 0.934. The van der Waals surface area contributed by atoms with E-state index in [1.165, 1.54) is 60.6 Å². The highest BCUT2D eigenvalue weighted by atomic mass is 32.1. The first-order chi connectivity index (χ1) is 10.8. The monoisotopic (exact) mass is 334 g/mol. The van der Waals surface area contributed by atoms with Gasteiger partial charge in [-0.2, -0.15) is 0 Å². The summed E-state index contributed by atoms with van der Waals surface area (Å²) in [4.78, 5) is 14.5. The Hall–Kier alpha value is -0.980. The van der Waals surface area contributed by atoms with E-state index in [0.29, 0.717) is 11.0 Å². The van der Waals surface area contributed by atoms with Crippen LogP contribution in [0.15, 0.2) is 6.20 Å². The topological polar surface area (TPSA) is 55.0 Å². The number of aryl methyl sites for hydroxylation is 2. The summed E-state index contributed by atoms with van der Waals surface area (Å²) in [7, 11) is 0. The molecular weight excluding hydrogens is 312 g/mol. The summed E-state index contributed by atoms with van der Waals surface area (Å²) >= 11 is 3.60. The molecule has 0 saturated carbocycles. The van der Waals surface area contributed by atoms with Crippen molar-refractivity contribution in [2.45, 2.75) is 51.0 Å². The Bertz CT molecular complexity index is 625. The molecule has 1 fully saturated rings. The van der Waals surface area contributed by atoms with Crippen LogP contribution in [-0.2, 0) is 19.4 Å². The Morgan fingerprint density at radius 3 is 2.95 bits per heavy atom. The molecule has 0 radical (unpaired) electrons. The molecule has 118 valence electrons. The fraction of sp³-hybridized carbons (Fsp3) is 0.625. The number of fused-ring (bicyclic) bond motifs is 1. The van der Waals surface area contributed by atoms with Gasteiger partial charge in [-0.3, -0.25) is 4.90 Å². The molecule has 22 heavy (non-hydrogen) atoms. The molecule has 4 nitrogen and oxygen atoms in total. The number of hydrogen-bond donors (Lipinski definition) is 1. The highest BCUT2D eigenvalue weighted by molar-refractivity contribution is 7.15. The summed E-state index contributed by atoms with van der Waals surface area (Å²) in [6.07, 6.45) is 9.59. The maximum Gasteiger partial charge on any atom is 0.180 e. The van der Waals surface area contributed by atoms with Crippen LogP contribution >= 0.6 is 22.7 Å². The minimum absolute atomic E-state index is 0.620. The van der Waals surface area contributed by atoms with Gasteiger partial charge in [0, 0.05) is 35.0 Å². The molecule has 0 spiro atoms. The normalized spacial score (nSPS) is 22.6. The van der Waals surface area contributed by atoms with E-state index in [9.17, 15) is 0 Å². The van der Waals surface area contributed by atoms with Gasteiger partial charge in [-0.15, -0.1) is 22.7 Å². The number of rotatable bonds is 3. The van der Waals surface area contributed by atoms with E-state index < -0.39 is 0 Å². The van der Waals surface area contributed by atoms with Gasteiger partial charge in [0.15, 0.2) is 5.13 Å². The van der Waals surface area contributed by atoms with Crippen LogP contribution in [-0.4, -0.2) is 28.0 Å². The SMILES string of the molecule is Nc1ncc(CN2CCCC(c3nc4c(s3)CCCC4)C2)s1. The maximum absolute atomic E-state index is 5.74. The second kappa shape index (κ2) is 6.26. The molecule has 0 amide bonds. The molecule has 1 unspecified atom stereocenters. The highest BCUT2D eigenvalue weighted by Crippen LogP contribution is 2.35. The number of nitrogen functional groups attached to an aromatic ring is 1. The minimum Gasteiger partial charge on any atom is -0.375 e. The van der Waals surface area contributed by atoms with E-state index in [4.69, 9.17) is 10.7 Å². The minimum atomic E-state index is 0.620. The molecule has 2 aromatic rings. The van der Waals surface area contributed by atoms with Gasteiger partial charge in [0.1, 0.15) is 0 Å². The van der Waals surface area contributed by atoms with Gasteiger partial charge in [0.25, 0.3) is 0 Å². The van der Waals surface area contributed by atoms with Crippen molar-refractivity contribution < 1.29 is 0 Å². The lowest BCUT2D eigenvalue weighted by Gasteiger charge is -2.31. The van der Waals surface area contributed by atoms with Crippen molar-refractivity contribution in [1.29, 1.82) is 0 Å². The van der Waals surface area contributed by atoms with Crippen molar-refractivity contribution in [3.05, 3.63) is 26.7 Å². The van der Waals surface area contributed by atoms with Crippen molar-refractivity contribution >= 4 is 27.8 Å². The van der Waals surface area contributed by atoms with Gasteiger partial charge < -0.3 is 5.73 Å². The lowest BCUT2D eigenvalue weighted by molar-refractivity contribution is 0.201. The molecule has 2 N–H and O–H groups in total. The van der Waals surface area contributed by atoms with Gasteiger partial charge in [-0.1, -0.05) is 0 Å². The Morgan fingerprint density at radius 2 is 2.14 bits per heavy atom. The van der Waals surface area contributed by atoms with Gasteiger partial charge >= 0.3 is 0 Å². The number of aromatic nitrogens is 2. The van der Waals surface area contributed by atoms with Crippen LogP contribution in [0.5, 0.6) is 0 Å². The lowest BCUT2D eigenvalue weighted by atomic mass is 9.98. The average Bonchev–Trinajstić information content (AvgIpc) is 3.13. The van der Waals surface area contributed by atoms with Crippen molar-refractivity contribution in [2.24, 2.45) is 0 Å². The van der Waals surface area contributed by atoms with Crippen LogP contribution < -0.4 is 5.73 Å². The van der Waals surface area contributed by atoms with E-state index in [1.807, 2.05) is 17.5 Å². The second-order valence-corrected chi connectivity index (χ2v) is 8.63. The van der Waals surface area contributed by atoms with Crippen molar-refractivity contribution in [3.8, 4) is 0 Å². The third-order valence-electron chi connectivity index (χ3n) is 4.67. The van der Waals surface area contributed by atoms with Crippen LogP contribution in [0.3, 0.4) is 0 Å². The van der Waals surface area contributed by atoms with Gasteiger partial charge in [-0.05, 0) is 45.1 Å². The second-order valence-electron chi connectivity index (χ2n) is 6.37. The Morgan fingerprint density at radius 1 is 1.23 bits per heavy atom. The van der Waals surface area contributed by atoms with Gasteiger partial charge in [0.2, 0.25) is 0 Å². The fourth-order valence-corrected chi connectivity index (χ4v) is 5.57. The van der Waals surface area contributed by atoms with E-state index in [0.717, 1.165) is 13.1 Å². The molecular formula is C16H22N4S2. The summed E-state index contributed by atoms with van der Waals surface area (Å²) < 4.78 is 0. The molecule has 3 heterocycles. The van der Waals surface area contributed by atoms with Gasteiger partial charge in [0.05, 0.1) is 10.7 Å². The van der Waals surface area contributed by atoms with Crippen LogP contribution in [0.1, 0.15) is 52.1 Å². The molecule has 2 aromatic heterocycles. The van der Waals surface area contributed by atoms with Crippen LogP contribution in [0, 0.1) is 0 Å². The third kappa shape index (κ3) is 3.05. The standard InChI is InChI=1S/C16H22N4S2/c17-16-18-8-12(21-16)10-20-7-3-4-11(9-20)15-19-13-5-1-2-6-14(13)22-15/h8,11H,1-7,9-10H2,(H2,17,18).